The van der Waals surface area contributed by atoms with Crippen LogP contribution in [0, 0.1) is 0 Å². The molecule has 1 aliphatic heterocycles. The number of pyridine rings is 1. The number of nitrogens with zero attached hydrogens (tertiary/aromatic N) is 2. The lowest BCUT2D eigenvalue weighted by Gasteiger charge is -2.24. The first-order chi connectivity index (χ1) is 10.2. The SMILES string of the molecule is CN=C(NCc1cccnc1OC)NCC1(C)CCCS1. The van der Waals surface area contributed by atoms with Crippen molar-refractivity contribution in [3.63, 3.8) is 0 Å². The standard InChI is InChI=1S/C15H24N4OS/c1-15(7-5-9-21-15)11-19-14(16-2)18-10-12-6-4-8-17-13(12)20-3/h4,6,8H,5,7,9-11H2,1-3H3,(H2,16,18,19). The van der Waals surface area contributed by atoms with Gasteiger partial charge >= 0.3 is 0 Å². The van der Waals surface area contributed by atoms with E-state index in [9.17, 15) is 0 Å². The molecule has 2 rings (SSSR count). The maximum atomic E-state index is 5.25. The minimum Gasteiger partial charge on any atom is -0.481 e. The Hall–Kier alpha value is -1.43. The largest absolute Gasteiger partial charge is 0.481 e. The molecule has 21 heavy (non-hydrogen) atoms. The number of hydrogen-bond acceptors (Lipinski definition) is 4. The molecule has 0 aromatic carbocycles. The van der Waals surface area contributed by atoms with E-state index in [2.05, 4.69) is 27.5 Å². The quantitative estimate of drug-likeness (QED) is 0.644. The third kappa shape index (κ3) is 4.52. The molecule has 2 N–H and O–H groups in total. The van der Waals surface area contributed by atoms with Crippen molar-refractivity contribution in [2.24, 2.45) is 4.99 Å². The Morgan fingerprint density at radius 2 is 2.38 bits per heavy atom. The van der Waals surface area contributed by atoms with Crippen LogP contribution in [0.25, 0.3) is 0 Å². The van der Waals surface area contributed by atoms with Gasteiger partial charge in [0.1, 0.15) is 0 Å². The summed E-state index contributed by atoms with van der Waals surface area (Å²) in [6.07, 6.45) is 4.30. The molecule has 0 radical (unpaired) electrons. The van der Waals surface area contributed by atoms with Crippen LogP contribution in [0.2, 0.25) is 0 Å². The summed E-state index contributed by atoms with van der Waals surface area (Å²) in [4.78, 5) is 8.47. The maximum absolute atomic E-state index is 5.25. The van der Waals surface area contributed by atoms with Crippen molar-refractivity contribution < 1.29 is 4.74 Å². The predicted molar refractivity (Wildman–Crippen MR) is 89.1 cm³/mol. The van der Waals surface area contributed by atoms with Crippen LogP contribution in [0.1, 0.15) is 25.3 Å². The summed E-state index contributed by atoms with van der Waals surface area (Å²) >= 11 is 2.04. The summed E-state index contributed by atoms with van der Waals surface area (Å²) in [7, 11) is 3.43. The first-order valence-corrected chi connectivity index (χ1v) is 8.22. The monoisotopic (exact) mass is 308 g/mol. The summed E-state index contributed by atoms with van der Waals surface area (Å²) in [5.74, 6) is 2.73. The zero-order valence-electron chi connectivity index (χ0n) is 13.0. The fraction of sp³-hybridized carbons (Fsp3) is 0.600. The summed E-state index contributed by atoms with van der Waals surface area (Å²) in [5.41, 5.74) is 1.02. The zero-order valence-corrected chi connectivity index (χ0v) is 13.8. The molecule has 1 atom stereocenters. The molecule has 6 heteroatoms. The van der Waals surface area contributed by atoms with Crippen molar-refractivity contribution in [1.82, 2.24) is 15.6 Å². The molecule has 116 valence electrons. The van der Waals surface area contributed by atoms with Gasteiger partial charge in [-0.05, 0) is 31.6 Å². The van der Waals surface area contributed by atoms with E-state index in [-0.39, 0.29) is 0 Å². The van der Waals surface area contributed by atoms with Crippen molar-refractivity contribution in [3.05, 3.63) is 23.9 Å². The molecule has 0 aliphatic carbocycles. The Labute approximate surface area is 131 Å². The van der Waals surface area contributed by atoms with Crippen molar-refractivity contribution in [2.45, 2.75) is 31.1 Å². The Morgan fingerprint density at radius 1 is 1.52 bits per heavy atom. The van der Waals surface area contributed by atoms with E-state index in [1.807, 2.05) is 23.9 Å². The van der Waals surface area contributed by atoms with Crippen molar-refractivity contribution in [1.29, 1.82) is 0 Å². The Kier molecular flexibility index (Phi) is 5.73. The molecule has 1 aromatic heterocycles. The number of aliphatic imine (C=N–C) groups is 1. The average Bonchev–Trinajstić information content (AvgIpc) is 2.95. The smallest absolute Gasteiger partial charge is 0.218 e. The third-order valence-electron chi connectivity index (χ3n) is 3.64. The Morgan fingerprint density at radius 3 is 3.05 bits per heavy atom. The molecule has 0 spiro atoms. The van der Waals surface area contributed by atoms with Crippen LogP contribution in [0.4, 0.5) is 0 Å². The van der Waals surface area contributed by atoms with Gasteiger partial charge in [0.15, 0.2) is 5.96 Å². The fourth-order valence-corrected chi connectivity index (χ4v) is 3.63. The summed E-state index contributed by atoms with van der Waals surface area (Å²) in [6.45, 7) is 3.89. The van der Waals surface area contributed by atoms with Gasteiger partial charge in [-0.2, -0.15) is 11.8 Å². The van der Waals surface area contributed by atoms with Gasteiger partial charge in [0, 0.05) is 36.6 Å². The minimum absolute atomic E-state index is 0.323. The molecular formula is C15H24N4OS. The molecule has 0 bridgehead atoms. The van der Waals surface area contributed by atoms with Gasteiger partial charge in [-0.1, -0.05) is 6.07 Å². The number of thioether (sulfide) groups is 1. The normalized spacial score (nSPS) is 22.1. The lowest BCUT2D eigenvalue weighted by atomic mass is 10.1. The van der Waals surface area contributed by atoms with Gasteiger partial charge < -0.3 is 15.4 Å². The minimum atomic E-state index is 0.323. The van der Waals surface area contributed by atoms with Gasteiger partial charge in [-0.25, -0.2) is 4.98 Å². The molecule has 0 amide bonds. The number of ether oxygens (including phenoxy) is 1. The van der Waals surface area contributed by atoms with Crippen LogP contribution in [-0.2, 0) is 6.54 Å². The topological polar surface area (TPSA) is 58.5 Å². The molecule has 1 aliphatic rings. The lowest BCUT2D eigenvalue weighted by Crippen LogP contribution is -2.43. The molecule has 1 fully saturated rings. The van der Waals surface area contributed by atoms with Crippen LogP contribution in [-0.4, -0.2) is 42.1 Å². The van der Waals surface area contributed by atoms with E-state index in [1.54, 1.807) is 20.4 Å². The third-order valence-corrected chi connectivity index (χ3v) is 5.18. The second-order valence-electron chi connectivity index (χ2n) is 5.35. The van der Waals surface area contributed by atoms with E-state index >= 15 is 0 Å². The number of nitrogens with one attached hydrogen (secondary N) is 2. The molecule has 1 saturated heterocycles. The van der Waals surface area contributed by atoms with E-state index in [0.717, 1.165) is 18.1 Å². The van der Waals surface area contributed by atoms with Crippen LogP contribution < -0.4 is 15.4 Å². The number of guanidine groups is 1. The molecule has 1 aromatic rings. The van der Waals surface area contributed by atoms with Gasteiger partial charge in [0.2, 0.25) is 5.88 Å². The lowest BCUT2D eigenvalue weighted by molar-refractivity contribution is 0.392. The van der Waals surface area contributed by atoms with Gasteiger partial charge in [-0.15, -0.1) is 0 Å². The number of rotatable bonds is 5. The summed E-state index contributed by atoms with van der Waals surface area (Å²) < 4.78 is 5.58. The van der Waals surface area contributed by atoms with Gasteiger partial charge in [0.05, 0.1) is 7.11 Å². The number of methoxy groups -OCH3 is 1. The number of aromatic nitrogens is 1. The molecule has 2 heterocycles. The highest BCUT2D eigenvalue weighted by Gasteiger charge is 2.29. The fourth-order valence-electron chi connectivity index (χ4n) is 2.39. The van der Waals surface area contributed by atoms with Gasteiger partial charge in [-0.3, -0.25) is 4.99 Å². The predicted octanol–water partition coefficient (Wildman–Crippen LogP) is 2.04. The maximum Gasteiger partial charge on any atom is 0.218 e. The van der Waals surface area contributed by atoms with Gasteiger partial charge in [0.25, 0.3) is 0 Å². The average molecular weight is 308 g/mol. The van der Waals surface area contributed by atoms with E-state index in [4.69, 9.17) is 4.74 Å². The Balaban J connectivity index is 1.85. The molecule has 1 unspecified atom stereocenters. The highest BCUT2D eigenvalue weighted by atomic mass is 32.2. The summed E-state index contributed by atoms with van der Waals surface area (Å²) in [6, 6.07) is 3.91. The second kappa shape index (κ2) is 7.54. The zero-order chi connectivity index (χ0) is 15.1. The van der Waals surface area contributed by atoms with E-state index in [1.165, 1.54) is 18.6 Å². The Bertz CT molecular complexity index is 486. The first kappa shape index (κ1) is 15.9. The highest BCUT2D eigenvalue weighted by molar-refractivity contribution is 8.00. The van der Waals surface area contributed by atoms with Crippen LogP contribution in [0.5, 0.6) is 5.88 Å². The van der Waals surface area contributed by atoms with E-state index < -0.39 is 0 Å². The van der Waals surface area contributed by atoms with Crippen LogP contribution in [0.15, 0.2) is 23.3 Å². The molecule has 0 saturated carbocycles. The second-order valence-corrected chi connectivity index (χ2v) is 7.04. The van der Waals surface area contributed by atoms with Crippen molar-refractivity contribution in [2.75, 3.05) is 26.5 Å². The summed E-state index contributed by atoms with van der Waals surface area (Å²) in [5, 5.41) is 6.73. The van der Waals surface area contributed by atoms with Crippen LogP contribution >= 0.6 is 11.8 Å². The first-order valence-electron chi connectivity index (χ1n) is 7.23. The van der Waals surface area contributed by atoms with Crippen molar-refractivity contribution >= 4 is 17.7 Å². The molecular weight excluding hydrogens is 284 g/mol. The van der Waals surface area contributed by atoms with Crippen LogP contribution in [0.3, 0.4) is 0 Å². The van der Waals surface area contributed by atoms with Crippen molar-refractivity contribution in [3.8, 4) is 5.88 Å². The highest BCUT2D eigenvalue weighted by Crippen LogP contribution is 2.36. The molecule has 5 nitrogen and oxygen atoms in total. The number of hydrogen-bond donors (Lipinski definition) is 2. The van der Waals surface area contributed by atoms with E-state index in [0.29, 0.717) is 17.2 Å².